The van der Waals surface area contributed by atoms with E-state index in [2.05, 4.69) is 10.6 Å². The summed E-state index contributed by atoms with van der Waals surface area (Å²) in [6.07, 6.45) is -0.0433. The number of para-hydroxylation sites is 1. The molecule has 7 heteroatoms. The zero-order chi connectivity index (χ0) is 24.1. The maximum atomic E-state index is 14.8. The van der Waals surface area contributed by atoms with Crippen LogP contribution in [-0.4, -0.2) is 35.9 Å². The minimum Gasteiger partial charge on any atom is -0.496 e. The third kappa shape index (κ3) is 5.00. The van der Waals surface area contributed by atoms with Gasteiger partial charge in [0.2, 0.25) is 0 Å². The second kappa shape index (κ2) is 10.3. The molecule has 4 aromatic rings. The molecular weight excluding hydrogens is 433 g/mol. The molecule has 34 heavy (non-hydrogen) atoms. The van der Waals surface area contributed by atoms with Gasteiger partial charge in [-0.15, -0.1) is 0 Å². The largest absolute Gasteiger partial charge is 0.496 e. The third-order valence-electron chi connectivity index (χ3n) is 5.57. The number of fused-ring (bicyclic) bond motifs is 1. The lowest BCUT2D eigenvalue weighted by Crippen LogP contribution is -2.34. The highest BCUT2D eigenvalue weighted by Gasteiger charge is 2.17. The first-order chi connectivity index (χ1) is 16.5. The molecule has 174 valence electrons. The summed E-state index contributed by atoms with van der Waals surface area (Å²) in [6.45, 7) is 2.00. The van der Waals surface area contributed by atoms with Crippen molar-refractivity contribution < 1.29 is 19.0 Å². The van der Waals surface area contributed by atoms with Crippen LogP contribution in [0.1, 0.15) is 13.3 Å². The Bertz CT molecular complexity index is 1330. The standard InChI is InChI=1S/C27H26FN3O3/c1-3-19(32)16-29-27(33)30-18-12-13-24-17(14-18)15-22(20-8-4-6-10-23(20)28)26(31-24)21-9-5-7-11-25(21)34-2/h4-15,19,32H,3,16H2,1-2H3,(H2,29,30,33)/t19-/m0/s1. The highest BCUT2D eigenvalue weighted by atomic mass is 19.1. The number of methoxy groups -OCH3 is 1. The molecule has 0 bridgehead atoms. The molecule has 0 spiro atoms. The summed E-state index contributed by atoms with van der Waals surface area (Å²) in [6, 6.07) is 20.8. The molecule has 0 saturated carbocycles. The number of rotatable bonds is 7. The zero-order valence-electron chi connectivity index (χ0n) is 19.0. The quantitative estimate of drug-likeness (QED) is 0.336. The monoisotopic (exact) mass is 459 g/mol. The molecular formula is C27H26FN3O3. The maximum Gasteiger partial charge on any atom is 0.319 e. The van der Waals surface area contributed by atoms with Gasteiger partial charge in [-0.3, -0.25) is 0 Å². The van der Waals surface area contributed by atoms with E-state index in [0.29, 0.717) is 40.2 Å². The molecule has 0 unspecified atom stereocenters. The Morgan fingerprint density at radius 3 is 2.50 bits per heavy atom. The first-order valence-electron chi connectivity index (χ1n) is 11.1. The van der Waals surface area contributed by atoms with Crippen molar-refractivity contribution in [2.24, 2.45) is 0 Å². The number of ether oxygens (including phenoxy) is 1. The Balaban J connectivity index is 1.79. The van der Waals surface area contributed by atoms with Crippen molar-refractivity contribution >= 4 is 22.6 Å². The van der Waals surface area contributed by atoms with Crippen molar-refractivity contribution in [3.05, 3.63) is 78.6 Å². The van der Waals surface area contributed by atoms with Crippen LogP contribution >= 0.6 is 0 Å². The van der Waals surface area contributed by atoms with Gasteiger partial charge >= 0.3 is 6.03 Å². The molecule has 0 saturated heterocycles. The number of nitrogens with one attached hydrogen (secondary N) is 2. The van der Waals surface area contributed by atoms with Gasteiger partial charge in [0.1, 0.15) is 11.6 Å². The Hall–Kier alpha value is -3.97. The predicted molar refractivity (Wildman–Crippen MR) is 132 cm³/mol. The fourth-order valence-corrected chi connectivity index (χ4v) is 3.71. The number of anilines is 1. The van der Waals surface area contributed by atoms with Gasteiger partial charge in [-0.2, -0.15) is 0 Å². The van der Waals surface area contributed by atoms with Gasteiger partial charge in [-0.05, 0) is 48.9 Å². The minimum absolute atomic E-state index is 0.164. The van der Waals surface area contributed by atoms with Gasteiger partial charge in [0.05, 0.1) is 24.4 Å². The van der Waals surface area contributed by atoms with Crippen LogP contribution in [0.4, 0.5) is 14.9 Å². The average Bonchev–Trinajstić information content (AvgIpc) is 2.86. The smallest absolute Gasteiger partial charge is 0.319 e. The molecule has 3 aromatic carbocycles. The summed E-state index contributed by atoms with van der Waals surface area (Å²) < 4.78 is 20.4. The van der Waals surface area contributed by atoms with Gasteiger partial charge < -0.3 is 20.5 Å². The Morgan fingerprint density at radius 2 is 1.76 bits per heavy atom. The van der Waals surface area contributed by atoms with E-state index in [0.717, 1.165) is 10.9 Å². The maximum absolute atomic E-state index is 14.8. The molecule has 0 fully saturated rings. The number of carbonyl (C=O) groups excluding carboxylic acids is 1. The van der Waals surface area contributed by atoms with E-state index in [-0.39, 0.29) is 12.4 Å². The zero-order valence-corrected chi connectivity index (χ0v) is 19.0. The molecule has 0 radical (unpaired) electrons. The van der Waals surface area contributed by atoms with Crippen molar-refractivity contribution in [2.75, 3.05) is 19.0 Å². The number of aliphatic hydroxyl groups is 1. The number of halogens is 1. The number of hydrogen-bond donors (Lipinski definition) is 3. The van der Waals surface area contributed by atoms with Gasteiger partial charge in [0.15, 0.2) is 0 Å². The summed E-state index contributed by atoms with van der Waals surface area (Å²) in [4.78, 5) is 17.1. The molecule has 0 aliphatic carbocycles. The number of aliphatic hydroxyl groups excluding tert-OH is 1. The Morgan fingerprint density at radius 1 is 1.03 bits per heavy atom. The first kappa shape index (κ1) is 23.2. The van der Waals surface area contributed by atoms with Crippen LogP contribution in [-0.2, 0) is 0 Å². The lowest BCUT2D eigenvalue weighted by atomic mass is 9.96. The van der Waals surface area contributed by atoms with Crippen molar-refractivity contribution in [1.82, 2.24) is 10.3 Å². The summed E-state index contributed by atoms with van der Waals surface area (Å²) in [5, 5.41) is 15.8. The number of hydrogen-bond acceptors (Lipinski definition) is 4. The number of nitrogens with zero attached hydrogens (tertiary/aromatic N) is 1. The van der Waals surface area contributed by atoms with Crippen LogP contribution in [0.15, 0.2) is 72.8 Å². The molecule has 0 aliphatic heterocycles. The van der Waals surface area contributed by atoms with Crippen molar-refractivity contribution in [3.8, 4) is 28.1 Å². The number of benzene rings is 3. The van der Waals surface area contributed by atoms with Crippen LogP contribution in [0, 0.1) is 5.82 Å². The van der Waals surface area contributed by atoms with E-state index < -0.39 is 12.1 Å². The second-order valence-corrected chi connectivity index (χ2v) is 7.87. The van der Waals surface area contributed by atoms with Crippen LogP contribution in [0.5, 0.6) is 5.75 Å². The molecule has 1 atom stereocenters. The Labute approximate surface area is 197 Å². The van der Waals surface area contributed by atoms with Gasteiger partial charge in [-0.1, -0.05) is 37.3 Å². The minimum atomic E-state index is -0.594. The summed E-state index contributed by atoms with van der Waals surface area (Å²) in [5.74, 6) is 0.277. The number of urea groups is 1. The van der Waals surface area contributed by atoms with Gasteiger partial charge in [-0.25, -0.2) is 14.2 Å². The van der Waals surface area contributed by atoms with E-state index in [4.69, 9.17) is 9.72 Å². The summed E-state index contributed by atoms with van der Waals surface area (Å²) in [7, 11) is 1.59. The van der Waals surface area contributed by atoms with Crippen LogP contribution < -0.4 is 15.4 Å². The lowest BCUT2D eigenvalue weighted by Gasteiger charge is -2.15. The second-order valence-electron chi connectivity index (χ2n) is 7.87. The topological polar surface area (TPSA) is 83.5 Å². The molecule has 0 aliphatic rings. The van der Waals surface area contributed by atoms with Crippen LogP contribution in [0.25, 0.3) is 33.3 Å². The molecule has 4 rings (SSSR count). The first-order valence-corrected chi connectivity index (χ1v) is 11.1. The normalized spacial score (nSPS) is 11.8. The number of carbonyl (C=O) groups is 1. The number of pyridine rings is 1. The number of aromatic nitrogens is 1. The predicted octanol–water partition coefficient (Wildman–Crippen LogP) is 5.61. The Kier molecular flexibility index (Phi) is 7.04. The SMILES string of the molecule is CC[C@H](O)CNC(=O)Nc1ccc2nc(-c3ccccc3OC)c(-c3ccccc3F)cc2c1. The molecule has 2 amide bonds. The highest BCUT2D eigenvalue weighted by molar-refractivity contribution is 5.96. The van der Waals surface area contributed by atoms with Gasteiger partial charge in [0.25, 0.3) is 0 Å². The summed E-state index contributed by atoms with van der Waals surface area (Å²) in [5.41, 5.74) is 3.63. The molecule has 6 nitrogen and oxygen atoms in total. The van der Waals surface area contributed by atoms with Crippen molar-refractivity contribution in [3.63, 3.8) is 0 Å². The van der Waals surface area contributed by atoms with Crippen LogP contribution in [0.2, 0.25) is 0 Å². The fourth-order valence-electron chi connectivity index (χ4n) is 3.71. The fraction of sp³-hybridized carbons (Fsp3) is 0.185. The molecule has 1 aromatic heterocycles. The third-order valence-corrected chi connectivity index (χ3v) is 5.57. The average molecular weight is 460 g/mol. The van der Waals surface area contributed by atoms with E-state index >= 15 is 0 Å². The van der Waals surface area contributed by atoms with Crippen molar-refractivity contribution in [2.45, 2.75) is 19.4 Å². The lowest BCUT2D eigenvalue weighted by molar-refractivity contribution is 0.168. The highest BCUT2D eigenvalue weighted by Crippen LogP contribution is 2.38. The molecule has 3 N–H and O–H groups in total. The van der Waals surface area contributed by atoms with E-state index in [1.807, 2.05) is 37.3 Å². The van der Waals surface area contributed by atoms with Crippen molar-refractivity contribution in [1.29, 1.82) is 0 Å². The van der Waals surface area contributed by atoms with E-state index in [9.17, 15) is 14.3 Å². The van der Waals surface area contributed by atoms with E-state index in [1.165, 1.54) is 6.07 Å². The van der Waals surface area contributed by atoms with E-state index in [1.54, 1.807) is 43.5 Å². The summed E-state index contributed by atoms with van der Waals surface area (Å²) >= 11 is 0. The number of amides is 2. The molecule has 1 heterocycles. The van der Waals surface area contributed by atoms with Gasteiger partial charge in [0, 0.05) is 34.3 Å². The van der Waals surface area contributed by atoms with Crippen LogP contribution in [0.3, 0.4) is 0 Å².